The summed E-state index contributed by atoms with van der Waals surface area (Å²) in [5, 5.41) is 9.44. The lowest BCUT2D eigenvalue weighted by molar-refractivity contribution is -0.145. The van der Waals surface area contributed by atoms with Gasteiger partial charge >= 0.3 is 0 Å². The van der Waals surface area contributed by atoms with Crippen molar-refractivity contribution in [3.05, 3.63) is 29.8 Å². The number of hydrogen-bond acceptors (Lipinski definition) is 3. The van der Waals surface area contributed by atoms with Crippen molar-refractivity contribution in [2.24, 2.45) is 0 Å². The van der Waals surface area contributed by atoms with Gasteiger partial charge in [0.15, 0.2) is 5.78 Å². The van der Waals surface area contributed by atoms with E-state index in [0.717, 1.165) is 0 Å². The highest BCUT2D eigenvalue weighted by Gasteiger charge is 2.34. The third-order valence-corrected chi connectivity index (χ3v) is 3.05. The minimum absolute atomic E-state index is 0.000410. The van der Waals surface area contributed by atoms with Crippen LogP contribution >= 0.6 is 0 Å². The Hall–Kier alpha value is -1.84. The fourth-order valence-corrected chi connectivity index (χ4v) is 2.25. The number of phenolic OH excluding ortho intramolecular Hbond substituents is 1. The number of hydrogen-bond donors (Lipinski definition) is 1. The quantitative estimate of drug-likeness (QED) is 0.844. The number of aromatic hydroxyl groups is 1. The van der Waals surface area contributed by atoms with E-state index in [1.54, 1.807) is 29.2 Å². The molecule has 0 saturated carbocycles. The van der Waals surface area contributed by atoms with Crippen molar-refractivity contribution in [2.75, 3.05) is 6.54 Å². The second-order valence-corrected chi connectivity index (χ2v) is 4.14. The molecule has 1 unspecified atom stereocenters. The van der Waals surface area contributed by atoms with E-state index in [9.17, 15) is 14.7 Å². The monoisotopic (exact) mass is 233 g/mol. The van der Waals surface area contributed by atoms with Gasteiger partial charge in [-0.3, -0.25) is 9.59 Å². The van der Waals surface area contributed by atoms with Crippen LogP contribution in [0.2, 0.25) is 0 Å². The van der Waals surface area contributed by atoms with E-state index in [1.165, 1.54) is 0 Å². The van der Waals surface area contributed by atoms with Crippen LogP contribution in [-0.2, 0) is 9.59 Å². The zero-order valence-corrected chi connectivity index (χ0v) is 9.72. The number of ketones is 1. The first-order chi connectivity index (χ1) is 8.13. The number of amides is 1. The Balaban J connectivity index is 2.39. The molecule has 90 valence electrons. The van der Waals surface area contributed by atoms with Gasteiger partial charge in [-0.15, -0.1) is 0 Å². The van der Waals surface area contributed by atoms with E-state index in [1.807, 2.05) is 6.92 Å². The second kappa shape index (κ2) is 4.57. The molecule has 4 nitrogen and oxygen atoms in total. The van der Waals surface area contributed by atoms with Crippen molar-refractivity contribution in [1.29, 1.82) is 0 Å². The molecule has 1 aliphatic rings. The minimum Gasteiger partial charge on any atom is -0.508 e. The van der Waals surface area contributed by atoms with Gasteiger partial charge in [0.25, 0.3) is 0 Å². The molecule has 0 aliphatic carbocycles. The van der Waals surface area contributed by atoms with E-state index in [4.69, 9.17) is 0 Å². The number of carbonyl (C=O) groups is 2. The number of rotatable bonds is 2. The highest BCUT2D eigenvalue weighted by molar-refractivity contribution is 5.96. The van der Waals surface area contributed by atoms with Gasteiger partial charge in [0.2, 0.25) is 5.91 Å². The molecule has 0 bridgehead atoms. The van der Waals surface area contributed by atoms with E-state index >= 15 is 0 Å². The summed E-state index contributed by atoms with van der Waals surface area (Å²) in [5.74, 6) is 0.155. The van der Waals surface area contributed by atoms with Gasteiger partial charge in [0, 0.05) is 19.4 Å². The lowest BCUT2D eigenvalue weighted by Gasteiger charge is -2.33. The molecule has 1 fully saturated rings. The van der Waals surface area contributed by atoms with Gasteiger partial charge in [-0.1, -0.05) is 12.1 Å². The summed E-state index contributed by atoms with van der Waals surface area (Å²) in [6.45, 7) is 2.36. The van der Waals surface area contributed by atoms with Crippen molar-refractivity contribution in [1.82, 2.24) is 4.90 Å². The third kappa shape index (κ3) is 2.16. The topological polar surface area (TPSA) is 57.6 Å². The summed E-state index contributed by atoms with van der Waals surface area (Å²) in [7, 11) is 0. The van der Waals surface area contributed by atoms with Crippen LogP contribution in [0.5, 0.6) is 5.75 Å². The normalized spacial score (nSPS) is 20.8. The predicted octanol–water partition coefficient (Wildman–Crippen LogP) is 1.64. The Morgan fingerprint density at radius 1 is 1.35 bits per heavy atom. The molecule has 1 aromatic rings. The zero-order chi connectivity index (χ0) is 12.4. The van der Waals surface area contributed by atoms with Crippen LogP contribution in [0, 0.1) is 0 Å². The Bertz CT molecular complexity index is 456. The largest absolute Gasteiger partial charge is 0.508 e. The van der Waals surface area contributed by atoms with Crippen LogP contribution in [0.25, 0.3) is 0 Å². The lowest BCUT2D eigenvalue weighted by Crippen LogP contribution is -2.42. The van der Waals surface area contributed by atoms with Crippen molar-refractivity contribution in [3.8, 4) is 5.75 Å². The van der Waals surface area contributed by atoms with Crippen LogP contribution in [0.15, 0.2) is 24.3 Å². The van der Waals surface area contributed by atoms with Crippen LogP contribution in [-0.4, -0.2) is 28.2 Å². The van der Waals surface area contributed by atoms with Crippen molar-refractivity contribution >= 4 is 11.7 Å². The smallest absolute Gasteiger partial charge is 0.223 e. The van der Waals surface area contributed by atoms with Gasteiger partial charge in [-0.2, -0.15) is 0 Å². The average Bonchev–Trinajstić information content (AvgIpc) is 2.31. The van der Waals surface area contributed by atoms with Crippen LogP contribution in [0.4, 0.5) is 0 Å². The van der Waals surface area contributed by atoms with Gasteiger partial charge in [0.05, 0.1) is 0 Å². The highest BCUT2D eigenvalue weighted by atomic mass is 16.3. The van der Waals surface area contributed by atoms with Crippen LogP contribution < -0.4 is 0 Å². The Labute approximate surface area is 99.9 Å². The molecule has 17 heavy (non-hydrogen) atoms. The van der Waals surface area contributed by atoms with E-state index in [0.29, 0.717) is 18.5 Å². The molecule has 1 amide bonds. The average molecular weight is 233 g/mol. The van der Waals surface area contributed by atoms with Crippen LogP contribution in [0.1, 0.15) is 31.4 Å². The molecule has 0 spiro atoms. The maximum atomic E-state index is 11.9. The van der Waals surface area contributed by atoms with E-state index < -0.39 is 6.04 Å². The predicted molar refractivity (Wildman–Crippen MR) is 62.5 cm³/mol. The van der Waals surface area contributed by atoms with Crippen LogP contribution in [0.3, 0.4) is 0 Å². The van der Waals surface area contributed by atoms with Gasteiger partial charge in [0.1, 0.15) is 11.8 Å². The molecule has 1 saturated heterocycles. The Morgan fingerprint density at radius 2 is 2.12 bits per heavy atom. The summed E-state index contributed by atoms with van der Waals surface area (Å²) in [6, 6.07) is 6.01. The van der Waals surface area contributed by atoms with Crippen molar-refractivity contribution in [3.63, 3.8) is 0 Å². The summed E-state index contributed by atoms with van der Waals surface area (Å²) >= 11 is 0. The molecular weight excluding hydrogens is 218 g/mol. The molecule has 0 aromatic heterocycles. The number of likely N-dealkylation sites (tertiary alicyclic amines) is 1. The molecule has 1 N–H and O–H groups in total. The standard InChI is InChI=1S/C13H15NO3/c1-2-14-12(17)7-6-11(16)13(14)9-4-3-5-10(15)8-9/h3-5,8,13,15H,2,6-7H2,1H3. The molecule has 2 rings (SSSR count). The number of likely N-dealkylation sites (N-methyl/N-ethyl adjacent to an activating group) is 1. The summed E-state index contributed by atoms with van der Waals surface area (Å²) < 4.78 is 0. The number of phenols is 1. The number of piperidine rings is 1. The molecule has 1 heterocycles. The fourth-order valence-electron chi connectivity index (χ4n) is 2.25. The van der Waals surface area contributed by atoms with Gasteiger partial charge < -0.3 is 10.0 Å². The zero-order valence-electron chi connectivity index (χ0n) is 9.72. The summed E-state index contributed by atoms with van der Waals surface area (Å²) in [4.78, 5) is 25.3. The van der Waals surface area contributed by atoms with Gasteiger partial charge in [-0.05, 0) is 24.6 Å². The number of Topliss-reactive ketones (excluding diaryl/α,β-unsaturated/α-hetero) is 1. The molecular formula is C13H15NO3. The number of nitrogens with zero attached hydrogens (tertiary/aromatic N) is 1. The van der Waals surface area contributed by atoms with Gasteiger partial charge in [-0.25, -0.2) is 0 Å². The molecule has 1 atom stereocenters. The minimum atomic E-state index is -0.534. The fraction of sp³-hybridized carbons (Fsp3) is 0.385. The van der Waals surface area contributed by atoms with E-state index in [2.05, 4.69) is 0 Å². The first-order valence-corrected chi connectivity index (χ1v) is 5.74. The lowest BCUT2D eigenvalue weighted by atomic mass is 9.93. The first kappa shape index (κ1) is 11.6. The number of carbonyl (C=O) groups excluding carboxylic acids is 2. The summed E-state index contributed by atoms with van der Waals surface area (Å²) in [5.41, 5.74) is 0.685. The molecule has 1 aromatic carbocycles. The Kier molecular flexibility index (Phi) is 3.13. The highest BCUT2D eigenvalue weighted by Crippen LogP contribution is 2.30. The third-order valence-electron chi connectivity index (χ3n) is 3.05. The second-order valence-electron chi connectivity index (χ2n) is 4.14. The SMILES string of the molecule is CCN1C(=O)CCC(=O)C1c1cccc(O)c1. The molecule has 4 heteroatoms. The maximum absolute atomic E-state index is 11.9. The molecule has 0 radical (unpaired) electrons. The number of benzene rings is 1. The summed E-state index contributed by atoms with van der Waals surface area (Å²) in [6.07, 6.45) is 0.581. The first-order valence-electron chi connectivity index (χ1n) is 5.74. The van der Waals surface area contributed by atoms with Crippen molar-refractivity contribution < 1.29 is 14.7 Å². The van der Waals surface area contributed by atoms with Crippen molar-refractivity contribution in [2.45, 2.75) is 25.8 Å². The molecule has 1 aliphatic heterocycles. The Morgan fingerprint density at radius 3 is 2.76 bits per heavy atom. The maximum Gasteiger partial charge on any atom is 0.223 e. The van der Waals surface area contributed by atoms with E-state index in [-0.39, 0.29) is 23.9 Å².